The first-order chi connectivity index (χ1) is 12.7. The highest BCUT2D eigenvalue weighted by Crippen LogP contribution is 2.24. The highest BCUT2D eigenvalue weighted by Gasteiger charge is 2.27. The third kappa shape index (κ3) is 5.75. The topological polar surface area (TPSA) is 55.8 Å². The first-order valence-electron chi connectivity index (χ1n) is 10.6. The van der Waals surface area contributed by atoms with Crippen LogP contribution in [0.1, 0.15) is 83.5 Å². The number of hydrogen-bond donors (Lipinski definition) is 0. The molecule has 0 N–H and O–H groups in total. The summed E-state index contributed by atoms with van der Waals surface area (Å²) in [5.74, 6) is -0.738. The summed E-state index contributed by atoms with van der Waals surface area (Å²) in [6, 6.07) is 0. The van der Waals surface area contributed by atoms with E-state index in [4.69, 9.17) is 9.47 Å². The van der Waals surface area contributed by atoms with E-state index in [1.54, 1.807) is 0 Å². The zero-order valence-electron chi connectivity index (χ0n) is 15.9. The van der Waals surface area contributed by atoms with Crippen molar-refractivity contribution in [1.82, 2.24) is 4.90 Å². The fraction of sp³-hybridized carbons (Fsp3) is 0.810. The molecule has 1 aliphatic heterocycles. The van der Waals surface area contributed by atoms with Crippen molar-refractivity contribution in [3.8, 4) is 0 Å². The van der Waals surface area contributed by atoms with Gasteiger partial charge in [0.25, 0.3) is 0 Å². The number of rotatable bonds is 5. The molecular weight excluding hydrogens is 330 g/mol. The Morgan fingerprint density at radius 2 is 1.19 bits per heavy atom. The van der Waals surface area contributed by atoms with Crippen molar-refractivity contribution < 1.29 is 19.1 Å². The van der Waals surface area contributed by atoms with Crippen LogP contribution in [0.15, 0.2) is 11.8 Å². The first kappa shape index (κ1) is 19.2. The molecule has 0 radical (unpaired) electrons. The maximum atomic E-state index is 12.8. The van der Waals surface area contributed by atoms with Crippen molar-refractivity contribution in [1.29, 1.82) is 0 Å². The molecule has 3 fully saturated rings. The van der Waals surface area contributed by atoms with Gasteiger partial charge in [-0.3, -0.25) is 0 Å². The first-order valence-corrected chi connectivity index (χ1v) is 10.6. The average molecular weight is 363 g/mol. The second-order valence-electron chi connectivity index (χ2n) is 7.94. The minimum Gasteiger partial charge on any atom is -0.459 e. The van der Waals surface area contributed by atoms with Crippen molar-refractivity contribution in [2.45, 2.75) is 95.7 Å². The Morgan fingerprint density at radius 3 is 1.77 bits per heavy atom. The number of carbonyl (C=O) groups is 2. The number of esters is 2. The molecule has 0 bridgehead atoms. The number of carbonyl (C=O) groups excluding carboxylic acids is 2. The lowest BCUT2D eigenvalue weighted by Gasteiger charge is -2.31. The number of piperidine rings is 1. The van der Waals surface area contributed by atoms with Crippen LogP contribution in [0, 0.1) is 0 Å². The molecule has 0 atom stereocenters. The molecule has 0 spiro atoms. The average Bonchev–Trinajstić information content (AvgIpc) is 2.68. The summed E-state index contributed by atoms with van der Waals surface area (Å²) >= 11 is 0. The SMILES string of the molecule is O=C(/C=C(\C(=O)OC1CCCCC1)N1CCCCC1)OC1CCCCC1. The molecule has 5 heteroatoms. The van der Waals surface area contributed by atoms with Gasteiger partial charge in [0.1, 0.15) is 17.9 Å². The van der Waals surface area contributed by atoms with Gasteiger partial charge in [0.05, 0.1) is 6.08 Å². The largest absolute Gasteiger partial charge is 0.459 e. The number of likely N-dealkylation sites (tertiary alicyclic amines) is 1. The number of nitrogens with zero attached hydrogens (tertiary/aromatic N) is 1. The summed E-state index contributed by atoms with van der Waals surface area (Å²) in [5, 5.41) is 0. The quantitative estimate of drug-likeness (QED) is 0.543. The van der Waals surface area contributed by atoms with E-state index in [0.717, 1.165) is 77.3 Å². The van der Waals surface area contributed by atoms with Crippen molar-refractivity contribution in [2.24, 2.45) is 0 Å². The molecule has 2 saturated carbocycles. The van der Waals surface area contributed by atoms with Crippen LogP contribution >= 0.6 is 0 Å². The smallest absolute Gasteiger partial charge is 0.355 e. The van der Waals surface area contributed by atoms with Gasteiger partial charge in [-0.25, -0.2) is 9.59 Å². The Hall–Kier alpha value is -1.52. The van der Waals surface area contributed by atoms with E-state index in [1.807, 2.05) is 4.90 Å². The zero-order valence-corrected chi connectivity index (χ0v) is 15.9. The van der Waals surface area contributed by atoms with E-state index >= 15 is 0 Å². The summed E-state index contributed by atoms with van der Waals surface area (Å²) in [6.45, 7) is 1.62. The van der Waals surface area contributed by atoms with Crippen molar-refractivity contribution in [2.75, 3.05) is 13.1 Å². The highest BCUT2D eigenvalue weighted by atomic mass is 16.5. The normalized spacial score (nSPS) is 23.5. The zero-order chi connectivity index (χ0) is 18.2. The molecule has 1 heterocycles. The Bertz CT molecular complexity index is 498. The molecule has 26 heavy (non-hydrogen) atoms. The van der Waals surface area contributed by atoms with E-state index in [-0.39, 0.29) is 18.2 Å². The summed E-state index contributed by atoms with van der Waals surface area (Å²) < 4.78 is 11.3. The maximum absolute atomic E-state index is 12.8. The third-order valence-corrected chi connectivity index (χ3v) is 5.82. The van der Waals surface area contributed by atoms with E-state index in [1.165, 1.54) is 25.3 Å². The van der Waals surface area contributed by atoms with Crippen LogP contribution < -0.4 is 0 Å². The van der Waals surface area contributed by atoms with Gasteiger partial charge < -0.3 is 14.4 Å². The molecule has 0 aromatic rings. The van der Waals surface area contributed by atoms with Crippen LogP contribution in [-0.4, -0.2) is 42.1 Å². The van der Waals surface area contributed by atoms with E-state index in [9.17, 15) is 9.59 Å². The summed E-state index contributed by atoms with van der Waals surface area (Å²) in [4.78, 5) is 27.2. The van der Waals surface area contributed by atoms with Crippen LogP contribution in [-0.2, 0) is 19.1 Å². The van der Waals surface area contributed by atoms with Crippen LogP contribution in [0.2, 0.25) is 0 Å². The van der Waals surface area contributed by atoms with Gasteiger partial charge >= 0.3 is 11.9 Å². The molecule has 0 amide bonds. The molecule has 1 saturated heterocycles. The lowest BCUT2D eigenvalue weighted by atomic mass is 9.98. The predicted octanol–water partition coefficient (Wildman–Crippen LogP) is 4.11. The summed E-state index contributed by atoms with van der Waals surface area (Å²) in [7, 11) is 0. The minimum atomic E-state index is -0.391. The van der Waals surface area contributed by atoms with Gasteiger partial charge in [0, 0.05) is 13.1 Å². The van der Waals surface area contributed by atoms with Gasteiger partial charge in [0.2, 0.25) is 0 Å². The highest BCUT2D eigenvalue weighted by molar-refractivity contribution is 5.96. The molecule has 0 aromatic heterocycles. The van der Waals surface area contributed by atoms with E-state index in [0.29, 0.717) is 5.70 Å². The Balaban J connectivity index is 1.64. The molecule has 5 nitrogen and oxygen atoms in total. The molecule has 0 aromatic carbocycles. The minimum absolute atomic E-state index is 0.00111. The van der Waals surface area contributed by atoms with Crippen molar-refractivity contribution in [3.63, 3.8) is 0 Å². The standard InChI is InChI=1S/C21H33NO4/c23-20(25-17-10-4-1-5-11-17)16-19(22-14-8-3-9-15-22)21(24)26-18-12-6-2-7-13-18/h16-18H,1-15H2/b19-16+. The van der Waals surface area contributed by atoms with Crippen LogP contribution in [0.5, 0.6) is 0 Å². The molecule has 2 aliphatic carbocycles. The van der Waals surface area contributed by atoms with E-state index in [2.05, 4.69) is 0 Å². The van der Waals surface area contributed by atoms with Crippen LogP contribution in [0.4, 0.5) is 0 Å². The van der Waals surface area contributed by atoms with Crippen molar-refractivity contribution in [3.05, 3.63) is 11.8 Å². The Labute approximate surface area is 157 Å². The molecular formula is C21H33NO4. The molecule has 3 aliphatic rings. The molecule has 146 valence electrons. The molecule has 0 unspecified atom stereocenters. The lowest BCUT2D eigenvalue weighted by molar-refractivity contribution is -0.150. The predicted molar refractivity (Wildman–Crippen MR) is 99.4 cm³/mol. The summed E-state index contributed by atoms with van der Waals surface area (Å²) in [5.41, 5.74) is 0.399. The second-order valence-corrected chi connectivity index (χ2v) is 7.94. The number of hydrogen-bond acceptors (Lipinski definition) is 5. The Morgan fingerprint density at radius 1 is 0.692 bits per heavy atom. The van der Waals surface area contributed by atoms with Gasteiger partial charge in [-0.2, -0.15) is 0 Å². The van der Waals surface area contributed by atoms with Crippen LogP contribution in [0.3, 0.4) is 0 Å². The van der Waals surface area contributed by atoms with Gasteiger partial charge in [-0.05, 0) is 70.6 Å². The monoisotopic (exact) mass is 363 g/mol. The molecule has 3 rings (SSSR count). The van der Waals surface area contributed by atoms with Gasteiger partial charge in [-0.15, -0.1) is 0 Å². The van der Waals surface area contributed by atoms with Gasteiger partial charge in [0.15, 0.2) is 0 Å². The maximum Gasteiger partial charge on any atom is 0.355 e. The fourth-order valence-electron chi connectivity index (χ4n) is 4.30. The third-order valence-electron chi connectivity index (χ3n) is 5.82. The van der Waals surface area contributed by atoms with Gasteiger partial charge in [-0.1, -0.05) is 12.8 Å². The lowest BCUT2D eigenvalue weighted by Crippen LogP contribution is -2.35. The summed E-state index contributed by atoms with van der Waals surface area (Å²) in [6.07, 6.45) is 15.3. The van der Waals surface area contributed by atoms with Crippen LogP contribution in [0.25, 0.3) is 0 Å². The second kappa shape index (κ2) is 9.98. The van der Waals surface area contributed by atoms with Crippen molar-refractivity contribution >= 4 is 11.9 Å². The fourth-order valence-corrected chi connectivity index (χ4v) is 4.30. The van der Waals surface area contributed by atoms with E-state index < -0.39 is 5.97 Å². The number of ether oxygens (including phenoxy) is 2. The Kier molecular flexibility index (Phi) is 7.39.